The summed E-state index contributed by atoms with van der Waals surface area (Å²) >= 11 is 0. The number of benzene rings is 1. The average molecular weight is 591 g/mol. The minimum Gasteiger partial charge on any atom is -0.361 e. The molecule has 3 aromatic rings. The van der Waals surface area contributed by atoms with Gasteiger partial charge in [0.05, 0.1) is 0 Å². The van der Waals surface area contributed by atoms with Crippen LogP contribution >= 0.6 is 0 Å². The number of hydrogen-bond donors (Lipinski definition) is 2. The highest BCUT2D eigenvalue weighted by Gasteiger charge is 2.41. The lowest BCUT2D eigenvalue weighted by atomic mass is 9.82. The van der Waals surface area contributed by atoms with Crippen LogP contribution in [0, 0.1) is 25.7 Å². The quantitative estimate of drug-likeness (QED) is 0.365. The van der Waals surface area contributed by atoms with Gasteiger partial charge in [0.1, 0.15) is 17.6 Å². The molecule has 0 radical (unpaired) electrons. The number of carbonyl (C=O) groups is 3. The topological polar surface area (TPSA) is 148 Å². The van der Waals surface area contributed by atoms with E-state index in [1.807, 2.05) is 30.3 Å². The Morgan fingerprint density at radius 2 is 1.60 bits per heavy atom. The number of rotatable bonds is 10. The Labute approximate surface area is 252 Å². The Balaban J connectivity index is 1.35. The van der Waals surface area contributed by atoms with Crippen LogP contribution in [-0.2, 0) is 11.2 Å². The number of carbonyl (C=O) groups excluding carboxylic acids is 3. The molecule has 2 atom stereocenters. The van der Waals surface area contributed by atoms with Crippen molar-refractivity contribution in [2.24, 2.45) is 17.6 Å². The predicted octanol–water partition coefficient (Wildman–Crippen LogP) is 3.52. The minimum absolute atomic E-state index is 0.170. The maximum absolute atomic E-state index is 13.8. The molecule has 43 heavy (non-hydrogen) atoms. The number of nitrogens with zero attached hydrogens (tertiary/aromatic N) is 4. The van der Waals surface area contributed by atoms with E-state index in [0.717, 1.165) is 31.2 Å². The fraction of sp³-hybridized carbons (Fsp3) is 0.531. The number of likely N-dealkylation sites (tertiary alicyclic amines) is 1. The van der Waals surface area contributed by atoms with Crippen molar-refractivity contribution < 1.29 is 23.4 Å². The van der Waals surface area contributed by atoms with E-state index in [9.17, 15) is 14.4 Å². The molecule has 0 bridgehead atoms. The molecule has 11 nitrogen and oxygen atoms in total. The molecule has 1 aliphatic heterocycles. The summed E-state index contributed by atoms with van der Waals surface area (Å²) in [7, 11) is 0. The number of hydrogen-bond acceptors (Lipinski definition) is 8. The Kier molecular flexibility index (Phi) is 9.91. The Bertz CT molecular complexity index is 1380. The third kappa shape index (κ3) is 7.51. The maximum atomic E-state index is 13.8. The first kappa shape index (κ1) is 30.5. The monoisotopic (exact) mass is 590 g/mol. The number of aromatic nitrogens is 2. The van der Waals surface area contributed by atoms with Gasteiger partial charge in [-0.3, -0.25) is 14.4 Å². The van der Waals surface area contributed by atoms with Crippen molar-refractivity contribution in [2.75, 3.05) is 26.2 Å². The number of nitrogens with two attached hydrogens (primary N) is 1. The molecule has 1 unspecified atom stereocenters. The molecule has 5 rings (SSSR count). The van der Waals surface area contributed by atoms with Gasteiger partial charge in [0.15, 0.2) is 11.4 Å². The molecule has 11 heteroatoms. The van der Waals surface area contributed by atoms with Crippen molar-refractivity contribution in [3.05, 3.63) is 70.9 Å². The second-order valence-corrected chi connectivity index (χ2v) is 11.9. The van der Waals surface area contributed by atoms with Crippen LogP contribution in [0.2, 0.25) is 0 Å². The lowest BCUT2D eigenvalue weighted by Gasteiger charge is -2.42. The fourth-order valence-corrected chi connectivity index (χ4v) is 6.33. The molecule has 1 aliphatic carbocycles. The summed E-state index contributed by atoms with van der Waals surface area (Å²) in [5.41, 5.74) is 7.36. The van der Waals surface area contributed by atoms with Crippen LogP contribution in [-0.4, -0.2) is 76.1 Å². The lowest BCUT2D eigenvalue weighted by molar-refractivity contribution is -0.127. The summed E-state index contributed by atoms with van der Waals surface area (Å²) in [5.74, 6) is 1.19. The van der Waals surface area contributed by atoms with Crippen molar-refractivity contribution >= 4 is 17.7 Å². The van der Waals surface area contributed by atoms with Gasteiger partial charge in [-0.05, 0) is 82.7 Å². The molecule has 2 aliphatic rings. The highest BCUT2D eigenvalue weighted by molar-refractivity contribution is 5.96. The first-order valence-corrected chi connectivity index (χ1v) is 15.3. The Morgan fingerprint density at radius 1 is 0.953 bits per heavy atom. The van der Waals surface area contributed by atoms with Gasteiger partial charge in [0.2, 0.25) is 5.91 Å². The minimum atomic E-state index is -0.769. The number of piperidine rings is 1. The lowest BCUT2D eigenvalue weighted by Crippen LogP contribution is -2.58. The van der Waals surface area contributed by atoms with Crippen molar-refractivity contribution in [3.8, 4) is 0 Å². The van der Waals surface area contributed by atoms with Crippen LogP contribution in [0.5, 0.6) is 0 Å². The summed E-state index contributed by atoms with van der Waals surface area (Å²) in [6, 6.07) is 12.1. The van der Waals surface area contributed by atoms with E-state index >= 15 is 0 Å². The van der Waals surface area contributed by atoms with Crippen LogP contribution in [0.4, 0.5) is 0 Å². The van der Waals surface area contributed by atoms with Crippen LogP contribution in [0.15, 0.2) is 51.5 Å². The summed E-state index contributed by atoms with van der Waals surface area (Å²) in [6.45, 7) is 5.46. The highest BCUT2D eigenvalue weighted by atomic mass is 16.5. The second kappa shape index (κ2) is 14.0. The molecule has 3 heterocycles. The van der Waals surface area contributed by atoms with Crippen LogP contribution < -0.4 is 11.1 Å². The predicted molar refractivity (Wildman–Crippen MR) is 159 cm³/mol. The second-order valence-electron chi connectivity index (χ2n) is 11.9. The van der Waals surface area contributed by atoms with Gasteiger partial charge in [0, 0.05) is 37.8 Å². The first-order chi connectivity index (χ1) is 20.8. The molecule has 3 N–H and O–H groups in total. The number of amides is 3. The molecular formula is C32H42N6O5. The van der Waals surface area contributed by atoms with Crippen molar-refractivity contribution in [2.45, 2.75) is 70.9 Å². The van der Waals surface area contributed by atoms with E-state index in [0.29, 0.717) is 68.8 Å². The molecule has 230 valence electrons. The third-order valence-electron chi connectivity index (χ3n) is 8.88. The fourth-order valence-electron chi connectivity index (χ4n) is 6.33. The highest BCUT2D eigenvalue weighted by Crippen LogP contribution is 2.29. The van der Waals surface area contributed by atoms with Crippen molar-refractivity contribution in [1.82, 2.24) is 25.4 Å². The third-order valence-corrected chi connectivity index (χ3v) is 8.88. The number of nitrogens with one attached hydrogen (secondary N) is 1. The summed E-state index contributed by atoms with van der Waals surface area (Å²) < 4.78 is 10.4. The van der Waals surface area contributed by atoms with Crippen LogP contribution in [0.25, 0.3) is 0 Å². The van der Waals surface area contributed by atoms with E-state index in [2.05, 4.69) is 15.6 Å². The summed E-state index contributed by atoms with van der Waals surface area (Å²) in [5, 5.41) is 11.0. The molecule has 1 saturated heterocycles. The normalized spacial score (nSPS) is 22.3. The standard InChI is InChI=1S/C32H42N6O5/c1-21-16-27(35-42-21)31(40)37(14-12-23-6-4-3-5-7-23)26-13-15-38(32(41)28-17-22(2)43-36-28)29(18-26)30(39)34-20-25-10-8-24(19-33)9-11-25/h3-7,16-17,24-26,29H,8-15,18-20,33H2,1-2H3,(H,34,39)/t24?,25?,26?,29-/m1/s1. The SMILES string of the molecule is Cc1cc(C(=O)N(CCc2ccccc2)C2CCN(C(=O)c3cc(C)on3)[C@@H](C(=O)NCC3CCC(CN)CC3)C2)no1. The Morgan fingerprint density at radius 3 is 2.23 bits per heavy atom. The molecule has 0 spiro atoms. The van der Waals surface area contributed by atoms with E-state index in [-0.39, 0.29) is 35.2 Å². The van der Waals surface area contributed by atoms with Crippen LogP contribution in [0.1, 0.15) is 76.6 Å². The summed E-state index contributed by atoms with van der Waals surface area (Å²) in [4.78, 5) is 44.5. The van der Waals surface area contributed by atoms with Crippen molar-refractivity contribution in [1.29, 1.82) is 0 Å². The molecule has 3 amide bonds. The Hall–Kier alpha value is -3.99. The van der Waals surface area contributed by atoms with Gasteiger partial charge < -0.3 is 29.9 Å². The van der Waals surface area contributed by atoms with Gasteiger partial charge >= 0.3 is 0 Å². The molecule has 1 saturated carbocycles. The molecule has 2 fully saturated rings. The van der Waals surface area contributed by atoms with Crippen LogP contribution in [0.3, 0.4) is 0 Å². The van der Waals surface area contributed by atoms with E-state index in [1.54, 1.807) is 35.8 Å². The largest absolute Gasteiger partial charge is 0.361 e. The van der Waals surface area contributed by atoms with Gasteiger partial charge in [-0.15, -0.1) is 0 Å². The number of aryl methyl sites for hydroxylation is 2. The van der Waals surface area contributed by atoms with Crippen molar-refractivity contribution in [3.63, 3.8) is 0 Å². The zero-order valence-electron chi connectivity index (χ0n) is 25.0. The van der Waals surface area contributed by atoms with Gasteiger partial charge in [0.25, 0.3) is 11.8 Å². The van der Waals surface area contributed by atoms with Gasteiger partial charge in [-0.25, -0.2) is 0 Å². The maximum Gasteiger partial charge on any atom is 0.276 e. The van der Waals surface area contributed by atoms with Gasteiger partial charge in [-0.2, -0.15) is 0 Å². The average Bonchev–Trinajstić information content (AvgIpc) is 3.68. The first-order valence-electron chi connectivity index (χ1n) is 15.3. The van der Waals surface area contributed by atoms with Gasteiger partial charge in [-0.1, -0.05) is 40.6 Å². The zero-order valence-corrected chi connectivity index (χ0v) is 25.0. The van der Waals surface area contributed by atoms with E-state index in [4.69, 9.17) is 14.8 Å². The smallest absolute Gasteiger partial charge is 0.276 e. The molecular weight excluding hydrogens is 548 g/mol. The molecule has 2 aromatic heterocycles. The summed E-state index contributed by atoms with van der Waals surface area (Å²) in [6.07, 6.45) is 5.63. The zero-order chi connectivity index (χ0) is 30.3. The molecule has 1 aromatic carbocycles. The van der Waals surface area contributed by atoms with E-state index < -0.39 is 6.04 Å². The van der Waals surface area contributed by atoms with E-state index in [1.165, 1.54) is 0 Å².